The van der Waals surface area contributed by atoms with E-state index in [2.05, 4.69) is 47.5 Å². The number of nitrogens with two attached hydrogens (primary N) is 4. The second-order valence-electron chi connectivity index (χ2n) is 18.7. The third-order valence-corrected chi connectivity index (χ3v) is 11.7. The van der Waals surface area contributed by atoms with Crippen molar-refractivity contribution in [2.75, 3.05) is 13.2 Å². The number of amides is 9. The lowest BCUT2D eigenvalue weighted by molar-refractivity contribution is -0.143. The lowest BCUT2D eigenvalue weighted by atomic mass is 9.95. The van der Waals surface area contributed by atoms with Crippen LogP contribution in [0.2, 0.25) is 0 Å². The molecule has 0 unspecified atom stereocenters. The molecule has 0 radical (unpaired) electrons. The summed E-state index contributed by atoms with van der Waals surface area (Å²) in [5.41, 5.74) is 23.2. The van der Waals surface area contributed by atoms with E-state index in [0.29, 0.717) is 12.0 Å². The lowest BCUT2D eigenvalue weighted by Crippen LogP contribution is -2.62. The standard InChI is InChI=1S/C47H79N13O12/c1-10-26(8)37(45(70)58-35(24(4)5)44(69)57-32(22-61)42(67)53-27(9)38(63)59-36(25(6)7)46(71)72)60-40(65)30(18-19-33(48)62)55-39(64)29(17-14-20-52-47(50)51)54-41(66)31(21-28-15-12-11-13-16-28)56-43(68)34(49)23(2)3/h11-13,15-16,23-27,29-32,34-37,61H,10,14,17-22,49H2,1-9H3,(H2,48,62)(H,53,67)(H,54,66)(H,55,64)(H,56,68)(H,57,69)(H,58,70)(H,59,63)(H,60,65)(H,71,72)(H4,50,51,52)/t26-,27-,29-,30-,31-,32-,34-,35-,36-,37-/m0/s1. The molecule has 72 heavy (non-hydrogen) atoms. The Balaban J connectivity index is 3.45. The number of carbonyl (C=O) groups is 10. The minimum Gasteiger partial charge on any atom is -0.480 e. The highest BCUT2D eigenvalue weighted by Crippen LogP contribution is 2.13. The van der Waals surface area contributed by atoms with E-state index in [9.17, 15) is 58.2 Å². The first kappa shape index (κ1) is 63.1. The number of primary amides is 1. The summed E-state index contributed by atoms with van der Waals surface area (Å²) in [4.78, 5) is 137. The third kappa shape index (κ3) is 22.0. The van der Waals surface area contributed by atoms with E-state index in [1.54, 1.807) is 85.7 Å². The van der Waals surface area contributed by atoms with Crippen LogP contribution in [0.3, 0.4) is 0 Å². The quantitative estimate of drug-likeness (QED) is 0.0193. The van der Waals surface area contributed by atoms with Crippen LogP contribution in [0.25, 0.3) is 0 Å². The molecular weight excluding hydrogens is 939 g/mol. The number of benzene rings is 1. The van der Waals surface area contributed by atoms with Crippen LogP contribution in [0, 0.1) is 23.7 Å². The maximum absolute atomic E-state index is 14.2. The molecule has 1 aromatic rings. The van der Waals surface area contributed by atoms with Crippen molar-refractivity contribution < 1.29 is 58.2 Å². The summed E-state index contributed by atoms with van der Waals surface area (Å²) in [6, 6.07) is -3.19. The topological polar surface area (TPSA) is 424 Å². The van der Waals surface area contributed by atoms with Gasteiger partial charge in [0.15, 0.2) is 5.96 Å². The average Bonchev–Trinajstić information content (AvgIpc) is 3.31. The Kier molecular flexibility index (Phi) is 27.6. The number of carboxylic acid groups (broad SMARTS) is 1. The van der Waals surface area contributed by atoms with Crippen molar-refractivity contribution >= 4 is 65.1 Å². The van der Waals surface area contributed by atoms with Crippen molar-refractivity contribution in [1.82, 2.24) is 42.5 Å². The van der Waals surface area contributed by atoms with E-state index in [1.807, 2.05) is 0 Å². The smallest absolute Gasteiger partial charge is 0.326 e. The molecule has 0 aliphatic heterocycles. The summed E-state index contributed by atoms with van der Waals surface area (Å²) in [6.45, 7) is 13.5. The number of carboxylic acids is 1. The van der Waals surface area contributed by atoms with E-state index < -0.39 is 144 Å². The summed E-state index contributed by atoms with van der Waals surface area (Å²) in [7, 11) is 0. The molecule has 0 spiro atoms. The van der Waals surface area contributed by atoms with E-state index in [0.717, 1.165) is 0 Å². The summed E-state index contributed by atoms with van der Waals surface area (Å²) in [5.74, 6) is -11.1. The highest BCUT2D eigenvalue weighted by atomic mass is 16.4. The number of nitrogens with zero attached hydrogens (tertiary/aromatic N) is 1. The molecule has 0 saturated carbocycles. The first-order valence-corrected chi connectivity index (χ1v) is 24.0. The van der Waals surface area contributed by atoms with Gasteiger partial charge < -0.3 is 75.7 Å². The molecule has 404 valence electrons. The van der Waals surface area contributed by atoms with Gasteiger partial charge in [-0.25, -0.2) is 4.79 Å². The zero-order valence-electron chi connectivity index (χ0n) is 42.8. The molecule has 10 atom stereocenters. The first-order chi connectivity index (χ1) is 33.6. The number of guanidine groups is 1. The van der Waals surface area contributed by atoms with Gasteiger partial charge in [0, 0.05) is 19.4 Å². The van der Waals surface area contributed by atoms with Gasteiger partial charge >= 0.3 is 5.97 Å². The zero-order valence-corrected chi connectivity index (χ0v) is 42.8. The first-order valence-electron chi connectivity index (χ1n) is 24.0. The third-order valence-electron chi connectivity index (χ3n) is 11.7. The maximum Gasteiger partial charge on any atom is 0.326 e. The molecule has 1 aromatic carbocycles. The predicted octanol–water partition coefficient (Wildman–Crippen LogP) is -3.14. The highest BCUT2D eigenvalue weighted by molar-refractivity contribution is 5.98. The summed E-state index contributed by atoms with van der Waals surface area (Å²) >= 11 is 0. The predicted molar refractivity (Wildman–Crippen MR) is 266 cm³/mol. The van der Waals surface area contributed by atoms with Crippen LogP contribution >= 0.6 is 0 Å². The van der Waals surface area contributed by atoms with Crippen molar-refractivity contribution in [3.63, 3.8) is 0 Å². The number of aliphatic hydroxyl groups excluding tert-OH is 1. The molecule has 9 amide bonds. The Morgan fingerprint density at radius 2 is 1.03 bits per heavy atom. The van der Waals surface area contributed by atoms with Crippen LogP contribution in [-0.2, 0) is 54.4 Å². The largest absolute Gasteiger partial charge is 0.480 e. The summed E-state index contributed by atoms with van der Waals surface area (Å²) in [6.07, 6.45) is -0.357. The molecule has 1 rings (SSSR count). The fourth-order valence-electron chi connectivity index (χ4n) is 6.86. The van der Waals surface area contributed by atoms with Gasteiger partial charge in [0.25, 0.3) is 0 Å². The van der Waals surface area contributed by atoms with Crippen LogP contribution in [0.1, 0.15) is 100.0 Å². The summed E-state index contributed by atoms with van der Waals surface area (Å²) < 4.78 is 0. The monoisotopic (exact) mass is 1020 g/mol. The number of nitrogens with one attached hydrogen (secondary N) is 8. The Bertz CT molecular complexity index is 2030. The molecule has 0 bridgehead atoms. The summed E-state index contributed by atoms with van der Waals surface area (Å²) in [5, 5.41) is 39.6. The van der Waals surface area contributed by atoms with Gasteiger partial charge in [-0.2, -0.15) is 0 Å². The number of carbonyl (C=O) groups excluding carboxylic acids is 9. The van der Waals surface area contributed by atoms with Gasteiger partial charge in [-0.15, -0.1) is 0 Å². The van der Waals surface area contributed by atoms with Crippen LogP contribution in [0.15, 0.2) is 35.3 Å². The van der Waals surface area contributed by atoms with Crippen molar-refractivity contribution in [3.8, 4) is 0 Å². The second-order valence-corrected chi connectivity index (χ2v) is 18.7. The number of hydrogen-bond acceptors (Lipinski definition) is 13. The van der Waals surface area contributed by atoms with E-state index in [1.165, 1.54) is 6.92 Å². The maximum atomic E-state index is 14.2. The molecule has 0 aliphatic rings. The Morgan fingerprint density at radius 1 is 0.556 bits per heavy atom. The minimum absolute atomic E-state index is 0.0148. The van der Waals surface area contributed by atoms with Crippen LogP contribution in [0.5, 0.6) is 0 Å². The van der Waals surface area contributed by atoms with Gasteiger partial charge in [-0.05, 0) is 55.4 Å². The molecule has 0 aromatic heterocycles. The molecule has 18 N–H and O–H groups in total. The molecule has 25 heteroatoms. The Morgan fingerprint density at radius 3 is 1.53 bits per heavy atom. The highest BCUT2D eigenvalue weighted by Gasteiger charge is 2.37. The van der Waals surface area contributed by atoms with Crippen molar-refractivity contribution in [1.29, 1.82) is 0 Å². The SMILES string of the molecule is CC[C@H](C)[C@H](NC(=O)[C@H](CCC(N)=O)NC(=O)[C@H](CCCN=C(N)N)NC(=O)[C@H](Cc1ccccc1)NC(=O)[C@@H](N)C(C)C)C(=O)N[C@H](C(=O)N[C@@H](CO)C(=O)N[C@@H](C)C(=O)N[C@H](C(=O)O)C(C)C)C(C)C. The molecule has 0 heterocycles. The van der Waals surface area contributed by atoms with E-state index >= 15 is 0 Å². The van der Waals surface area contributed by atoms with Crippen molar-refractivity contribution in [2.24, 2.45) is 51.6 Å². The second kappa shape index (κ2) is 31.4. The zero-order chi connectivity index (χ0) is 55.0. The fourth-order valence-corrected chi connectivity index (χ4v) is 6.86. The van der Waals surface area contributed by atoms with Crippen molar-refractivity contribution in [2.45, 2.75) is 155 Å². The number of aliphatic imine (C=N–C) groups is 1. The lowest BCUT2D eigenvalue weighted by Gasteiger charge is -2.30. The molecule has 0 aliphatic carbocycles. The van der Waals surface area contributed by atoms with Gasteiger partial charge in [0.05, 0.1) is 12.6 Å². The average molecular weight is 1020 g/mol. The van der Waals surface area contributed by atoms with Crippen LogP contribution < -0.4 is 65.5 Å². The number of aliphatic carboxylic acids is 1. The van der Waals surface area contributed by atoms with E-state index in [4.69, 9.17) is 22.9 Å². The van der Waals surface area contributed by atoms with Gasteiger partial charge in [0.2, 0.25) is 53.2 Å². The minimum atomic E-state index is -1.62. The Hall–Kier alpha value is -6.89. The van der Waals surface area contributed by atoms with E-state index in [-0.39, 0.29) is 44.1 Å². The fraction of sp³-hybridized carbons (Fsp3) is 0.638. The molecule has 0 fully saturated rings. The number of rotatable bonds is 32. The van der Waals surface area contributed by atoms with Crippen LogP contribution in [-0.4, -0.2) is 143 Å². The number of hydrogen-bond donors (Lipinski definition) is 14. The molecule has 0 saturated heterocycles. The van der Waals surface area contributed by atoms with Gasteiger partial charge in [-0.3, -0.25) is 48.1 Å². The molecule has 25 nitrogen and oxygen atoms in total. The van der Waals surface area contributed by atoms with Gasteiger partial charge in [0.1, 0.15) is 48.3 Å². The van der Waals surface area contributed by atoms with Gasteiger partial charge in [-0.1, -0.05) is 92.1 Å². The van der Waals surface area contributed by atoms with Crippen LogP contribution in [0.4, 0.5) is 0 Å². The van der Waals surface area contributed by atoms with Crippen molar-refractivity contribution in [3.05, 3.63) is 35.9 Å². The normalized spacial score (nSPS) is 15.4. The Labute approximate surface area is 420 Å². The number of aliphatic hydroxyl groups is 1. The molecular formula is C47H79N13O12.